The third-order valence-electron chi connectivity index (χ3n) is 6.47. The van der Waals surface area contributed by atoms with E-state index in [2.05, 4.69) is 15.1 Å². The van der Waals surface area contributed by atoms with Gasteiger partial charge in [-0.15, -0.1) is 0 Å². The monoisotopic (exact) mass is 359 g/mol. The summed E-state index contributed by atoms with van der Waals surface area (Å²) in [5.74, 6) is 1.12. The van der Waals surface area contributed by atoms with Gasteiger partial charge in [0.15, 0.2) is 0 Å². The van der Waals surface area contributed by atoms with E-state index in [4.69, 9.17) is 0 Å². The molecule has 0 unspecified atom stereocenters. The summed E-state index contributed by atoms with van der Waals surface area (Å²) >= 11 is 0. The van der Waals surface area contributed by atoms with Gasteiger partial charge in [-0.25, -0.2) is 4.39 Å². The average Bonchev–Trinajstić information content (AvgIpc) is 3.03. The fraction of sp³-hybridized carbons (Fsp3) is 0.667. The van der Waals surface area contributed by atoms with Crippen molar-refractivity contribution in [3.63, 3.8) is 0 Å². The minimum absolute atomic E-state index is 0.142. The first-order valence-electron chi connectivity index (χ1n) is 10.1. The quantitative estimate of drug-likeness (QED) is 0.878. The van der Waals surface area contributed by atoms with Crippen molar-refractivity contribution in [1.82, 2.24) is 15.1 Å². The maximum atomic E-state index is 13.4. The van der Waals surface area contributed by atoms with Crippen molar-refractivity contribution in [3.05, 3.63) is 35.6 Å². The molecule has 26 heavy (non-hydrogen) atoms. The molecule has 2 bridgehead atoms. The lowest BCUT2D eigenvalue weighted by Crippen LogP contribution is -2.60. The van der Waals surface area contributed by atoms with Crippen molar-refractivity contribution < 1.29 is 9.18 Å². The number of likely N-dealkylation sites (tertiary alicyclic amines) is 1. The van der Waals surface area contributed by atoms with E-state index in [1.807, 2.05) is 26.0 Å². The highest BCUT2D eigenvalue weighted by atomic mass is 19.1. The van der Waals surface area contributed by atoms with E-state index in [0.29, 0.717) is 24.4 Å². The number of carbonyl (C=O) groups excluding carboxylic acids is 1. The van der Waals surface area contributed by atoms with E-state index >= 15 is 0 Å². The number of fused-ring (bicyclic) bond motifs is 2. The number of hydrogen-bond acceptors (Lipinski definition) is 3. The predicted octanol–water partition coefficient (Wildman–Crippen LogP) is 2.60. The van der Waals surface area contributed by atoms with Crippen molar-refractivity contribution >= 4 is 5.91 Å². The molecule has 0 saturated carbocycles. The van der Waals surface area contributed by atoms with Crippen molar-refractivity contribution in [2.24, 2.45) is 5.92 Å². The molecule has 3 atom stereocenters. The molecule has 0 aliphatic carbocycles. The summed E-state index contributed by atoms with van der Waals surface area (Å²) in [6.45, 7) is 8.17. The van der Waals surface area contributed by atoms with Crippen LogP contribution in [-0.2, 0) is 4.79 Å². The van der Waals surface area contributed by atoms with Crippen LogP contribution < -0.4 is 5.32 Å². The Morgan fingerprint density at radius 1 is 1.19 bits per heavy atom. The maximum Gasteiger partial charge on any atom is 0.221 e. The van der Waals surface area contributed by atoms with Gasteiger partial charge in [0.05, 0.1) is 0 Å². The predicted molar refractivity (Wildman–Crippen MR) is 100 cm³/mol. The van der Waals surface area contributed by atoms with Gasteiger partial charge in [0.1, 0.15) is 5.82 Å². The SMILES string of the molecule is CC(C)NC(=O)CCN1C[C@H](c2ccc(F)cc2)[C@H]2[C@@H]1C1CCN2CC1. The Bertz CT molecular complexity index is 639. The molecule has 4 fully saturated rings. The van der Waals surface area contributed by atoms with Crippen LogP contribution in [0.5, 0.6) is 0 Å². The second kappa shape index (κ2) is 7.28. The topological polar surface area (TPSA) is 35.6 Å². The Balaban J connectivity index is 1.52. The fourth-order valence-corrected chi connectivity index (χ4v) is 5.44. The van der Waals surface area contributed by atoms with Gasteiger partial charge in [-0.1, -0.05) is 12.1 Å². The molecule has 1 amide bonds. The number of nitrogens with one attached hydrogen (secondary N) is 1. The number of carbonyl (C=O) groups is 1. The second-order valence-corrected chi connectivity index (χ2v) is 8.48. The minimum Gasteiger partial charge on any atom is -0.354 e. The molecular weight excluding hydrogens is 329 g/mol. The van der Waals surface area contributed by atoms with Gasteiger partial charge in [0.2, 0.25) is 5.91 Å². The number of benzene rings is 1. The van der Waals surface area contributed by atoms with Crippen LogP contribution in [0.25, 0.3) is 0 Å². The summed E-state index contributed by atoms with van der Waals surface area (Å²) in [4.78, 5) is 17.3. The number of nitrogens with zero attached hydrogens (tertiary/aromatic N) is 2. The van der Waals surface area contributed by atoms with Gasteiger partial charge < -0.3 is 5.32 Å². The molecule has 4 nitrogen and oxygen atoms in total. The Morgan fingerprint density at radius 2 is 1.88 bits per heavy atom. The average molecular weight is 359 g/mol. The maximum absolute atomic E-state index is 13.4. The molecule has 5 heteroatoms. The summed E-state index contributed by atoms with van der Waals surface area (Å²) in [5, 5.41) is 3.00. The van der Waals surface area contributed by atoms with Gasteiger partial charge in [-0.2, -0.15) is 0 Å². The van der Waals surface area contributed by atoms with Crippen LogP contribution in [0.15, 0.2) is 24.3 Å². The molecule has 4 aliphatic heterocycles. The van der Waals surface area contributed by atoms with Crippen LogP contribution in [0.2, 0.25) is 0 Å². The lowest BCUT2D eigenvalue weighted by atomic mass is 9.75. The van der Waals surface area contributed by atoms with Gasteiger partial charge >= 0.3 is 0 Å². The Kier molecular flexibility index (Phi) is 5.02. The van der Waals surface area contributed by atoms with Crippen LogP contribution in [-0.4, -0.2) is 60.0 Å². The van der Waals surface area contributed by atoms with E-state index in [0.717, 1.165) is 19.0 Å². The molecule has 4 heterocycles. The van der Waals surface area contributed by atoms with Crippen molar-refractivity contribution in [1.29, 1.82) is 0 Å². The molecular formula is C21H30FN3O. The summed E-state index contributed by atoms with van der Waals surface area (Å²) in [6.07, 6.45) is 3.10. The van der Waals surface area contributed by atoms with E-state index in [1.165, 1.54) is 31.5 Å². The van der Waals surface area contributed by atoms with E-state index in [-0.39, 0.29) is 17.8 Å². The van der Waals surface area contributed by atoms with E-state index in [1.54, 1.807) is 12.1 Å². The van der Waals surface area contributed by atoms with Crippen LogP contribution >= 0.6 is 0 Å². The molecule has 1 N–H and O–H groups in total. The first-order valence-corrected chi connectivity index (χ1v) is 10.1. The first-order chi connectivity index (χ1) is 12.5. The van der Waals surface area contributed by atoms with Crippen molar-refractivity contribution in [2.75, 3.05) is 26.2 Å². The molecule has 0 aromatic heterocycles. The Morgan fingerprint density at radius 3 is 2.54 bits per heavy atom. The third-order valence-corrected chi connectivity index (χ3v) is 6.47. The summed E-state index contributed by atoms with van der Waals surface area (Å²) in [6, 6.07) is 8.32. The normalized spacial score (nSPS) is 33.5. The van der Waals surface area contributed by atoms with Crippen LogP contribution in [0, 0.1) is 11.7 Å². The zero-order chi connectivity index (χ0) is 18.3. The zero-order valence-corrected chi connectivity index (χ0v) is 15.8. The zero-order valence-electron chi connectivity index (χ0n) is 15.8. The van der Waals surface area contributed by atoms with Crippen LogP contribution in [0.1, 0.15) is 44.6 Å². The van der Waals surface area contributed by atoms with Gasteiger partial charge in [-0.3, -0.25) is 14.6 Å². The summed E-state index contributed by atoms with van der Waals surface area (Å²) in [5.41, 5.74) is 1.24. The smallest absolute Gasteiger partial charge is 0.221 e. The van der Waals surface area contributed by atoms with Gasteiger partial charge in [0, 0.05) is 43.6 Å². The fourth-order valence-electron chi connectivity index (χ4n) is 5.44. The molecule has 4 saturated heterocycles. The highest BCUT2D eigenvalue weighted by Gasteiger charge is 2.52. The highest BCUT2D eigenvalue weighted by molar-refractivity contribution is 5.76. The van der Waals surface area contributed by atoms with Gasteiger partial charge in [0.25, 0.3) is 0 Å². The molecule has 1 aromatic rings. The molecule has 4 aliphatic rings. The number of piperidine rings is 3. The molecule has 1 aromatic carbocycles. The number of amides is 1. The third kappa shape index (κ3) is 3.39. The van der Waals surface area contributed by atoms with Crippen LogP contribution in [0.3, 0.4) is 0 Å². The molecule has 142 valence electrons. The lowest BCUT2D eigenvalue weighted by Gasteiger charge is -2.51. The Hall–Kier alpha value is -1.46. The minimum atomic E-state index is -0.170. The largest absolute Gasteiger partial charge is 0.354 e. The molecule has 5 rings (SSSR count). The standard InChI is InChI=1S/C21H30FN3O/c1-14(2)23-19(26)9-12-25-13-18(15-3-5-17(22)6-4-15)21-20(25)16-7-10-24(21)11-8-16/h3-6,14,16,18,20-21H,7-13H2,1-2H3,(H,23,26)/t18-,20+,21+/m1/s1. The molecule has 0 spiro atoms. The lowest BCUT2D eigenvalue weighted by molar-refractivity contribution is -0.122. The second-order valence-electron chi connectivity index (χ2n) is 8.48. The number of hydrogen-bond donors (Lipinski definition) is 1. The first kappa shape index (κ1) is 17.9. The van der Waals surface area contributed by atoms with Crippen molar-refractivity contribution in [2.45, 2.75) is 57.2 Å². The highest BCUT2D eigenvalue weighted by Crippen LogP contribution is 2.46. The van der Waals surface area contributed by atoms with Crippen molar-refractivity contribution in [3.8, 4) is 0 Å². The number of halogens is 1. The molecule has 0 radical (unpaired) electrons. The van der Waals surface area contributed by atoms with E-state index < -0.39 is 0 Å². The number of rotatable bonds is 5. The Labute approximate surface area is 155 Å². The summed E-state index contributed by atoms with van der Waals surface area (Å²) in [7, 11) is 0. The van der Waals surface area contributed by atoms with E-state index in [9.17, 15) is 9.18 Å². The summed E-state index contributed by atoms with van der Waals surface area (Å²) < 4.78 is 13.4. The van der Waals surface area contributed by atoms with Crippen LogP contribution in [0.4, 0.5) is 4.39 Å². The van der Waals surface area contributed by atoms with Gasteiger partial charge in [-0.05, 0) is 63.4 Å².